The number of hydrogen-bond donors (Lipinski definition) is 2. The number of aliphatic hydroxyl groups is 1. The first-order chi connectivity index (χ1) is 19.1. The Morgan fingerprint density at radius 2 is 1.75 bits per heavy atom. The molecule has 2 amide bonds. The number of carbonyl (C=O) groups is 2. The summed E-state index contributed by atoms with van der Waals surface area (Å²) in [7, 11) is 0. The van der Waals surface area contributed by atoms with E-state index >= 15 is 0 Å². The molecular weight excluding hydrogens is 550 g/mol. The van der Waals surface area contributed by atoms with E-state index in [-0.39, 0.29) is 35.7 Å². The molecule has 2 aromatic carbocycles. The van der Waals surface area contributed by atoms with Crippen molar-refractivity contribution in [2.75, 3.05) is 6.54 Å². The molecular formula is C32H35Cl2FN2O3. The van der Waals surface area contributed by atoms with Gasteiger partial charge in [-0.05, 0) is 67.5 Å². The number of fused-ring (bicyclic) bond motifs is 1. The van der Waals surface area contributed by atoms with Gasteiger partial charge < -0.3 is 15.3 Å². The van der Waals surface area contributed by atoms with Crippen molar-refractivity contribution in [2.24, 2.45) is 5.92 Å². The quantitative estimate of drug-likeness (QED) is 0.413. The van der Waals surface area contributed by atoms with Crippen LogP contribution in [-0.4, -0.2) is 46.6 Å². The Bertz CT molecular complexity index is 1330. The van der Waals surface area contributed by atoms with Crippen LogP contribution in [0.1, 0.15) is 73.4 Å². The standard InChI is InChI=1S/C32H35Cl2FN2O3/c1-32(2,19-7-10-21(35)11-8-19)18-36-30(39)28-24-5-3-4-6-25(24)31(40)37(22-12-14-23(38)15-13-22)29(28)26-16-9-20(33)17-27(26)34/h3-11,17,22-23,26,28-29,38H,12-16,18H2,1-2H3,(H,36,39)/t22?,23?,26?,28-,29+/m1/s1. The first-order valence-electron chi connectivity index (χ1n) is 13.9. The van der Waals surface area contributed by atoms with Crippen molar-refractivity contribution in [1.82, 2.24) is 10.2 Å². The second-order valence-corrected chi connectivity index (χ2v) is 12.7. The molecule has 0 aromatic heterocycles. The lowest BCUT2D eigenvalue weighted by Gasteiger charge is -2.50. The van der Waals surface area contributed by atoms with Crippen LogP contribution in [-0.2, 0) is 10.2 Å². The van der Waals surface area contributed by atoms with Crippen LogP contribution in [0, 0.1) is 11.7 Å². The largest absolute Gasteiger partial charge is 0.393 e. The number of allylic oxidation sites excluding steroid dienone is 3. The van der Waals surface area contributed by atoms with Crippen molar-refractivity contribution in [3.05, 3.63) is 93.3 Å². The van der Waals surface area contributed by atoms with Crippen molar-refractivity contribution >= 4 is 35.0 Å². The van der Waals surface area contributed by atoms with E-state index in [4.69, 9.17) is 23.2 Å². The highest BCUT2D eigenvalue weighted by molar-refractivity contribution is 6.35. The fourth-order valence-corrected chi connectivity index (χ4v) is 7.02. The van der Waals surface area contributed by atoms with Crippen molar-refractivity contribution in [2.45, 2.75) is 75.5 Å². The Balaban J connectivity index is 1.53. The van der Waals surface area contributed by atoms with E-state index in [1.807, 2.05) is 43.0 Å². The van der Waals surface area contributed by atoms with E-state index in [2.05, 4.69) is 5.32 Å². The monoisotopic (exact) mass is 584 g/mol. The summed E-state index contributed by atoms with van der Waals surface area (Å²) in [5.74, 6) is -1.58. The fourth-order valence-electron chi connectivity index (χ4n) is 6.42. The maximum Gasteiger partial charge on any atom is 0.254 e. The van der Waals surface area contributed by atoms with E-state index in [9.17, 15) is 19.1 Å². The molecule has 3 atom stereocenters. The van der Waals surface area contributed by atoms with Gasteiger partial charge in [-0.25, -0.2) is 4.39 Å². The van der Waals surface area contributed by atoms with Crippen molar-refractivity contribution in [3.63, 3.8) is 0 Å². The summed E-state index contributed by atoms with van der Waals surface area (Å²) in [6.07, 6.45) is 6.23. The van der Waals surface area contributed by atoms with Gasteiger partial charge in [0.05, 0.1) is 18.1 Å². The molecule has 1 unspecified atom stereocenters. The van der Waals surface area contributed by atoms with Gasteiger partial charge >= 0.3 is 0 Å². The van der Waals surface area contributed by atoms with E-state index in [0.29, 0.717) is 59.8 Å². The zero-order valence-electron chi connectivity index (χ0n) is 22.7. The number of halogens is 3. The number of rotatable bonds is 6. The molecule has 2 N–H and O–H groups in total. The maximum absolute atomic E-state index is 14.3. The van der Waals surface area contributed by atoms with Gasteiger partial charge in [-0.1, -0.05) is 73.5 Å². The molecule has 0 saturated heterocycles. The van der Waals surface area contributed by atoms with Gasteiger partial charge in [0.15, 0.2) is 0 Å². The average Bonchev–Trinajstić information content (AvgIpc) is 2.93. The molecule has 2 aromatic rings. The number of nitrogens with one attached hydrogen (secondary N) is 1. The predicted molar refractivity (Wildman–Crippen MR) is 156 cm³/mol. The van der Waals surface area contributed by atoms with Crippen LogP contribution in [0.5, 0.6) is 0 Å². The van der Waals surface area contributed by atoms with Gasteiger partial charge in [-0.3, -0.25) is 9.59 Å². The lowest BCUT2D eigenvalue weighted by molar-refractivity contribution is -0.125. The highest BCUT2D eigenvalue weighted by Crippen LogP contribution is 2.45. The number of nitrogens with zero attached hydrogens (tertiary/aromatic N) is 1. The second-order valence-electron chi connectivity index (χ2n) is 11.8. The summed E-state index contributed by atoms with van der Waals surface area (Å²) in [6.45, 7) is 4.33. The molecule has 8 heteroatoms. The minimum Gasteiger partial charge on any atom is -0.393 e. The van der Waals surface area contributed by atoms with Crippen molar-refractivity contribution < 1.29 is 19.1 Å². The van der Waals surface area contributed by atoms with Crippen LogP contribution >= 0.6 is 23.2 Å². The maximum atomic E-state index is 14.3. The van der Waals surface area contributed by atoms with Crippen LogP contribution in [0.3, 0.4) is 0 Å². The Hall–Kier alpha value is -2.67. The van der Waals surface area contributed by atoms with Gasteiger partial charge in [0, 0.05) is 39.5 Å². The molecule has 3 aliphatic rings. The third-order valence-corrected chi connectivity index (χ3v) is 9.36. The van der Waals surface area contributed by atoms with Crippen LogP contribution in [0.25, 0.3) is 0 Å². The first kappa shape index (κ1) is 28.8. The second kappa shape index (κ2) is 11.7. The summed E-state index contributed by atoms with van der Waals surface area (Å²) in [6, 6.07) is 13.0. The summed E-state index contributed by atoms with van der Waals surface area (Å²) >= 11 is 13.1. The molecule has 0 bridgehead atoms. The number of benzene rings is 2. The van der Waals surface area contributed by atoms with Gasteiger partial charge in [0.25, 0.3) is 5.91 Å². The van der Waals surface area contributed by atoms with Crippen molar-refractivity contribution in [1.29, 1.82) is 0 Å². The van der Waals surface area contributed by atoms with E-state index in [1.165, 1.54) is 12.1 Å². The molecule has 0 spiro atoms. The van der Waals surface area contributed by atoms with Crippen LogP contribution in [0.15, 0.2) is 70.7 Å². The Morgan fingerprint density at radius 1 is 1.07 bits per heavy atom. The van der Waals surface area contributed by atoms with Gasteiger partial charge in [-0.2, -0.15) is 0 Å². The van der Waals surface area contributed by atoms with Gasteiger partial charge in [-0.15, -0.1) is 0 Å². The highest BCUT2D eigenvalue weighted by atomic mass is 35.5. The smallest absolute Gasteiger partial charge is 0.254 e. The fraction of sp³-hybridized carbons (Fsp3) is 0.438. The SMILES string of the molecule is CC(C)(CNC(=O)[C@@H]1c2ccccc2C(=O)N(C2CCC(O)CC2)[C@H]1C1CC=C(Cl)C=C1Cl)c1ccc(F)cc1. The summed E-state index contributed by atoms with van der Waals surface area (Å²) in [4.78, 5) is 30.3. The van der Waals surface area contributed by atoms with E-state index < -0.39 is 17.4 Å². The number of aliphatic hydroxyl groups excluding tert-OH is 1. The van der Waals surface area contributed by atoms with Gasteiger partial charge in [0.1, 0.15) is 5.82 Å². The summed E-state index contributed by atoms with van der Waals surface area (Å²) in [5.41, 5.74) is 1.66. The molecule has 40 heavy (non-hydrogen) atoms. The Kier molecular flexibility index (Phi) is 8.42. The Labute approximate surface area is 245 Å². The van der Waals surface area contributed by atoms with Gasteiger partial charge in [0.2, 0.25) is 5.91 Å². The lowest BCUT2D eigenvalue weighted by atomic mass is 9.73. The molecule has 5 rings (SSSR count). The average molecular weight is 586 g/mol. The summed E-state index contributed by atoms with van der Waals surface area (Å²) in [5, 5.41) is 14.4. The predicted octanol–water partition coefficient (Wildman–Crippen LogP) is 6.40. The normalized spacial score (nSPS) is 27.0. The highest BCUT2D eigenvalue weighted by Gasteiger charge is 2.50. The minimum atomic E-state index is -0.665. The molecule has 1 aliphatic heterocycles. The zero-order chi connectivity index (χ0) is 28.6. The first-order valence-corrected chi connectivity index (χ1v) is 14.7. The topological polar surface area (TPSA) is 69.6 Å². The molecule has 212 valence electrons. The number of carbonyl (C=O) groups excluding carboxylic acids is 2. The molecule has 1 fully saturated rings. The van der Waals surface area contributed by atoms with Crippen LogP contribution in [0.4, 0.5) is 4.39 Å². The molecule has 1 saturated carbocycles. The lowest BCUT2D eigenvalue weighted by Crippen LogP contribution is -2.59. The van der Waals surface area contributed by atoms with E-state index in [1.54, 1.807) is 24.3 Å². The molecule has 1 heterocycles. The van der Waals surface area contributed by atoms with Crippen LogP contribution < -0.4 is 5.32 Å². The Morgan fingerprint density at radius 3 is 2.42 bits per heavy atom. The zero-order valence-corrected chi connectivity index (χ0v) is 24.3. The van der Waals surface area contributed by atoms with Crippen molar-refractivity contribution in [3.8, 4) is 0 Å². The molecule has 5 nitrogen and oxygen atoms in total. The third kappa shape index (κ3) is 5.72. The number of hydrogen-bond acceptors (Lipinski definition) is 3. The third-order valence-electron chi connectivity index (χ3n) is 8.70. The van der Waals surface area contributed by atoms with E-state index in [0.717, 1.165) is 5.56 Å². The number of amides is 2. The van der Waals surface area contributed by atoms with Crippen LogP contribution in [0.2, 0.25) is 0 Å². The minimum absolute atomic E-state index is 0.109. The summed E-state index contributed by atoms with van der Waals surface area (Å²) < 4.78 is 13.5. The molecule has 2 aliphatic carbocycles. The molecule has 0 radical (unpaired) electrons.